The van der Waals surface area contributed by atoms with E-state index in [0.29, 0.717) is 12.1 Å². The molecule has 2 heterocycles. The van der Waals surface area contributed by atoms with Gasteiger partial charge in [0.1, 0.15) is 0 Å². The van der Waals surface area contributed by atoms with Gasteiger partial charge in [0.25, 0.3) is 5.91 Å². The molecule has 0 unspecified atom stereocenters. The van der Waals surface area contributed by atoms with Crippen molar-refractivity contribution in [2.45, 2.75) is 25.9 Å². The van der Waals surface area contributed by atoms with Gasteiger partial charge in [-0.25, -0.2) is 0 Å². The molecule has 4 nitrogen and oxygen atoms in total. The molecule has 0 bridgehead atoms. The Bertz CT molecular complexity index is 896. The zero-order valence-electron chi connectivity index (χ0n) is 15.5. The highest BCUT2D eigenvalue weighted by Gasteiger charge is 2.14. The maximum absolute atomic E-state index is 12.7. The maximum Gasteiger partial charge on any atom is 0.251 e. The van der Waals surface area contributed by atoms with Crippen LogP contribution in [0.5, 0.6) is 0 Å². The van der Waals surface area contributed by atoms with Gasteiger partial charge in [0, 0.05) is 36.7 Å². The van der Waals surface area contributed by atoms with Crippen LogP contribution in [0.25, 0.3) is 5.69 Å². The van der Waals surface area contributed by atoms with Crippen molar-refractivity contribution in [1.82, 2.24) is 14.8 Å². The second kappa shape index (κ2) is 8.23. The number of carbonyl (C=O) groups is 1. The largest absolute Gasteiger partial charge is 0.348 e. The molecule has 1 amide bonds. The van der Waals surface area contributed by atoms with Crippen molar-refractivity contribution in [1.29, 1.82) is 0 Å². The second-order valence-electron chi connectivity index (χ2n) is 7.08. The molecule has 1 aliphatic heterocycles. The Balaban J connectivity index is 1.43. The number of likely N-dealkylation sites (tertiary alicyclic amines) is 1. The third kappa shape index (κ3) is 4.29. The van der Waals surface area contributed by atoms with E-state index in [9.17, 15) is 4.79 Å². The highest BCUT2D eigenvalue weighted by atomic mass is 16.1. The molecular weight excluding hydrogens is 334 g/mol. The smallest absolute Gasteiger partial charge is 0.251 e. The van der Waals surface area contributed by atoms with Gasteiger partial charge in [-0.1, -0.05) is 30.3 Å². The number of aromatic nitrogens is 1. The summed E-state index contributed by atoms with van der Waals surface area (Å²) in [5.41, 5.74) is 4.17. The Hall–Kier alpha value is -2.85. The van der Waals surface area contributed by atoms with Gasteiger partial charge in [0.05, 0.1) is 0 Å². The van der Waals surface area contributed by atoms with Gasteiger partial charge in [0.2, 0.25) is 0 Å². The summed E-state index contributed by atoms with van der Waals surface area (Å²) in [6.45, 7) is 3.87. The molecule has 0 aliphatic carbocycles. The molecule has 27 heavy (non-hydrogen) atoms. The van der Waals surface area contributed by atoms with E-state index in [0.717, 1.165) is 12.2 Å². The molecular formula is C23H25N3O. The quantitative estimate of drug-likeness (QED) is 0.722. The lowest BCUT2D eigenvalue weighted by molar-refractivity contribution is 0.0950. The van der Waals surface area contributed by atoms with Crippen LogP contribution in [-0.2, 0) is 13.1 Å². The van der Waals surface area contributed by atoms with E-state index in [1.165, 1.54) is 37.1 Å². The lowest BCUT2D eigenvalue weighted by atomic mass is 10.1. The topological polar surface area (TPSA) is 37.3 Å². The molecule has 0 saturated carbocycles. The van der Waals surface area contributed by atoms with E-state index in [1.807, 2.05) is 59.4 Å². The predicted octanol–water partition coefficient (Wildman–Crippen LogP) is 4.00. The van der Waals surface area contributed by atoms with Gasteiger partial charge in [-0.15, -0.1) is 0 Å². The first-order valence-corrected chi connectivity index (χ1v) is 9.60. The molecule has 0 spiro atoms. The maximum atomic E-state index is 12.7. The Kier molecular flexibility index (Phi) is 5.35. The van der Waals surface area contributed by atoms with Crippen LogP contribution in [-0.4, -0.2) is 28.5 Å². The number of hydrogen-bond donors (Lipinski definition) is 1. The number of benzene rings is 2. The first-order valence-electron chi connectivity index (χ1n) is 9.60. The average Bonchev–Trinajstić information content (AvgIpc) is 3.41. The van der Waals surface area contributed by atoms with Gasteiger partial charge in [0.15, 0.2) is 0 Å². The minimum Gasteiger partial charge on any atom is -0.348 e. The van der Waals surface area contributed by atoms with E-state index < -0.39 is 0 Å². The summed E-state index contributed by atoms with van der Waals surface area (Å²) in [6, 6.07) is 20.1. The van der Waals surface area contributed by atoms with E-state index in [1.54, 1.807) is 0 Å². The number of rotatable bonds is 6. The van der Waals surface area contributed by atoms with Gasteiger partial charge in [-0.2, -0.15) is 0 Å². The summed E-state index contributed by atoms with van der Waals surface area (Å²) in [7, 11) is 0. The van der Waals surface area contributed by atoms with Crippen LogP contribution < -0.4 is 5.32 Å². The first kappa shape index (κ1) is 17.6. The molecule has 1 N–H and O–H groups in total. The zero-order chi connectivity index (χ0) is 18.5. The van der Waals surface area contributed by atoms with Crippen molar-refractivity contribution in [3.63, 3.8) is 0 Å². The van der Waals surface area contributed by atoms with Gasteiger partial charge in [-0.3, -0.25) is 9.69 Å². The van der Waals surface area contributed by atoms with Crippen LogP contribution in [0.1, 0.15) is 34.3 Å². The molecule has 1 aliphatic rings. The molecule has 1 aromatic heterocycles. The van der Waals surface area contributed by atoms with Crippen molar-refractivity contribution < 1.29 is 4.79 Å². The average molecular weight is 359 g/mol. The molecule has 3 aromatic rings. The van der Waals surface area contributed by atoms with E-state index in [4.69, 9.17) is 0 Å². The Morgan fingerprint density at radius 1 is 0.889 bits per heavy atom. The number of nitrogens with zero attached hydrogens (tertiary/aromatic N) is 2. The van der Waals surface area contributed by atoms with Crippen molar-refractivity contribution in [2.75, 3.05) is 13.1 Å². The summed E-state index contributed by atoms with van der Waals surface area (Å²) in [6.07, 6.45) is 6.53. The van der Waals surface area contributed by atoms with E-state index >= 15 is 0 Å². The van der Waals surface area contributed by atoms with Crippen LogP contribution in [0.4, 0.5) is 0 Å². The van der Waals surface area contributed by atoms with Gasteiger partial charge in [-0.05, 0) is 67.4 Å². The Labute approximate surface area is 160 Å². The number of carbonyl (C=O) groups excluding carboxylic acids is 1. The summed E-state index contributed by atoms with van der Waals surface area (Å²) < 4.78 is 2.00. The predicted molar refractivity (Wildman–Crippen MR) is 108 cm³/mol. The van der Waals surface area contributed by atoms with Crippen molar-refractivity contribution in [3.8, 4) is 5.69 Å². The normalized spacial score (nSPS) is 14.4. The molecule has 4 rings (SSSR count). The Morgan fingerprint density at radius 2 is 1.63 bits per heavy atom. The highest BCUT2D eigenvalue weighted by Crippen LogP contribution is 2.16. The van der Waals surface area contributed by atoms with Gasteiger partial charge >= 0.3 is 0 Å². The monoisotopic (exact) mass is 359 g/mol. The van der Waals surface area contributed by atoms with Crippen LogP contribution in [0.15, 0.2) is 73.1 Å². The molecule has 138 valence electrons. The minimum atomic E-state index is -0.0417. The summed E-state index contributed by atoms with van der Waals surface area (Å²) >= 11 is 0. The van der Waals surface area contributed by atoms with Crippen molar-refractivity contribution >= 4 is 5.91 Å². The fourth-order valence-corrected chi connectivity index (χ4v) is 3.66. The van der Waals surface area contributed by atoms with Crippen molar-refractivity contribution in [3.05, 3.63) is 89.7 Å². The fraction of sp³-hybridized carbons (Fsp3) is 0.261. The molecule has 1 fully saturated rings. The third-order valence-electron chi connectivity index (χ3n) is 5.16. The Morgan fingerprint density at radius 3 is 2.41 bits per heavy atom. The van der Waals surface area contributed by atoms with E-state index in [2.05, 4.69) is 28.4 Å². The lowest BCUT2D eigenvalue weighted by Gasteiger charge is -2.17. The second-order valence-corrected chi connectivity index (χ2v) is 7.08. The van der Waals surface area contributed by atoms with Crippen LogP contribution in [0.3, 0.4) is 0 Å². The van der Waals surface area contributed by atoms with Crippen LogP contribution >= 0.6 is 0 Å². The van der Waals surface area contributed by atoms with E-state index in [-0.39, 0.29) is 5.91 Å². The molecule has 0 atom stereocenters. The summed E-state index contributed by atoms with van der Waals surface area (Å²) in [5.74, 6) is -0.0417. The number of amides is 1. The van der Waals surface area contributed by atoms with Crippen molar-refractivity contribution in [2.24, 2.45) is 0 Å². The summed E-state index contributed by atoms with van der Waals surface area (Å²) in [4.78, 5) is 15.2. The first-order chi connectivity index (χ1) is 13.3. The molecule has 4 heteroatoms. The highest BCUT2D eigenvalue weighted by molar-refractivity contribution is 5.94. The molecule has 1 saturated heterocycles. The molecule has 2 aromatic carbocycles. The number of nitrogens with one attached hydrogen (secondary N) is 1. The SMILES string of the molecule is O=C(NCc1ccccc1CN1CCCC1)c1cccc(-n2cccc2)c1. The standard InChI is InChI=1S/C23H25N3O/c27-23(19-10-7-11-22(16-19)26-14-5-6-15-26)24-17-20-8-1-2-9-21(20)18-25-12-3-4-13-25/h1-2,5-11,14-16H,3-4,12-13,17-18H2,(H,24,27). The van der Waals surface area contributed by atoms with Gasteiger partial charge < -0.3 is 9.88 Å². The van der Waals surface area contributed by atoms with Crippen LogP contribution in [0, 0.1) is 0 Å². The van der Waals surface area contributed by atoms with Crippen LogP contribution in [0.2, 0.25) is 0 Å². The number of hydrogen-bond acceptors (Lipinski definition) is 2. The lowest BCUT2D eigenvalue weighted by Crippen LogP contribution is -2.25. The molecule has 0 radical (unpaired) electrons. The third-order valence-corrected chi connectivity index (χ3v) is 5.16. The fourth-order valence-electron chi connectivity index (χ4n) is 3.66. The zero-order valence-corrected chi connectivity index (χ0v) is 15.5. The minimum absolute atomic E-state index is 0.0417. The summed E-state index contributed by atoms with van der Waals surface area (Å²) in [5, 5.41) is 3.09.